The van der Waals surface area contributed by atoms with Crippen LogP contribution in [-0.2, 0) is 17.1 Å². The molecule has 0 spiro atoms. The first-order valence-corrected chi connectivity index (χ1v) is 9.23. The first-order valence-electron chi connectivity index (χ1n) is 9.23. The summed E-state index contributed by atoms with van der Waals surface area (Å²) in [4.78, 5) is 11.7. The summed E-state index contributed by atoms with van der Waals surface area (Å²) in [6.07, 6.45) is -14.6. The molecule has 2 aromatic heterocycles. The Kier molecular flexibility index (Phi) is 5.47. The standard InChI is InChI=1S/C18H15F6N5O4/c19-17(20,21)7-1-6(2-8(3-7)18(22,23)24)14-27-13(25)10-15(28-14)29(5-26-10)16-12(32)11(31)9(4-30)33-16/h1-3,5,9,11-12,16,30-32H,4H2,(H2,25,27,28)/t9?,11-,12-,16?/m1/s1. The number of halogens is 6. The molecule has 9 nitrogen and oxygen atoms in total. The molecule has 1 aromatic carbocycles. The van der Waals surface area contributed by atoms with E-state index in [2.05, 4.69) is 15.0 Å². The maximum atomic E-state index is 13.2. The second-order valence-corrected chi connectivity index (χ2v) is 7.28. The number of alkyl halides is 6. The first-order chi connectivity index (χ1) is 15.3. The zero-order chi connectivity index (χ0) is 24.3. The Balaban J connectivity index is 1.88. The molecule has 3 heterocycles. The van der Waals surface area contributed by atoms with Crippen LogP contribution in [0.15, 0.2) is 24.5 Å². The Morgan fingerprint density at radius 3 is 2.09 bits per heavy atom. The minimum Gasteiger partial charge on any atom is -0.394 e. The van der Waals surface area contributed by atoms with E-state index in [4.69, 9.17) is 10.5 Å². The Morgan fingerprint density at radius 2 is 1.58 bits per heavy atom. The second-order valence-electron chi connectivity index (χ2n) is 7.28. The Hall–Kier alpha value is -3.01. The molecule has 0 radical (unpaired) electrons. The predicted octanol–water partition coefficient (Wildman–Crippen LogP) is 1.72. The highest BCUT2D eigenvalue weighted by Gasteiger charge is 2.44. The van der Waals surface area contributed by atoms with Crippen LogP contribution in [0.4, 0.5) is 32.2 Å². The summed E-state index contributed by atoms with van der Waals surface area (Å²) in [6, 6.07) is 0.862. The maximum absolute atomic E-state index is 13.2. The van der Waals surface area contributed by atoms with Gasteiger partial charge in [-0.1, -0.05) is 0 Å². The van der Waals surface area contributed by atoms with Gasteiger partial charge < -0.3 is 25.8 Å². The summed E-state index contributed by atoms with van der Waals surface area (Å²) >= 11 is 0. The Morgan fingerprint density at radius 1 is 0.970 bits per heavy atom. The molecule has 15 heteroatoms. The second kappa shape index (κ2) is 7.79. The molecule has 1 aliphatic heterocycles. The molecule has 0 saturated carbocycles. The van der Waals surface area contributed by atoms with Crippen LogP contribution in [0.25, 0.3) is 22.6 Å². The van der Waals surface area contributed by atoms with Crippen LogP contribution in [0.3, 0.4) is 0 Å². The highest BCUT2D eigenvalue weighted by atomic mass is 19.4. The van der Waals surface area contributed by atoms with E-state index in [9.17, 15) is 41.7 Å². The molecule has 4 rings (SSSR count). The van der Waals surface area contributed by atoms with Crippen molar-refractivity contribution in [1.29, 1.82) is 0 Å². The Labute approximate surface area is 180 Å². The molecule has 3 aromatic rings. The number of benzene rings is 1. The molecule has 33 heavy (non-hydrogen) atoms. The summed E-state index contributed by atoms with van der Waals surface area (Å²) in [6.45, 7) is -0.631. The first kappa shape index (κ1) is 23.2. The van der Waals surface area contributed by atoms with Crippen LogP contribution in [0.5, 0.6) is 0 Å². The minimum atomic E-state index is -5.08. The van der Waals surface area contributed by atoms with E-state index in [1.165, 1.54) is 0 Å². The van der Waals surface area contributed by atoms with Crippen molar-refractivity contribution in [1.82, 2.24) is 19.5 Å². The van der Waals surface area contributed by atoms with E-state index in [0.29, 0.717) is 12.1 Å². The monoisotopic (exact) mass is 479 g/mol. The third-order valence-electron chi connectivity index (χ3n) is 5.09. The van der Waals surface area contributed by atoms with Crippen LogP contribution in [0.2, 0.25) is 0 Å². The number of fused-ring (bicyclic) bond motifs is 1. The molecule has 0 amide bonds. The van der Waals surface area contributed by atoms with Gasteiger partial charge in [0.15, 0.2) is 23.5 Å². The lowest BCUT2D eigenvalue weighted by Gasteiger charge is -2.17. The van der Waals surface area contributed by atoms with Gasteiger partial charge in [-0.25, -0.2) is 15.0 Å². The molecule has 1 saturated heterocycles. The van der Waals surface area contributed by atoms with Gasteiger partial charge in [0.05, 0.1) is 24.1 Å². The lowest BCUT2D eigenvalue weighted by molar-refractivity contribution is -0.143. The number of nitrogen functional groups attached to an aromatic ring is 1. The fourth-order valence-electron chi connectivity index (χ4n) is 3.45. The minimum absolute atomic E-state index is 0.0330. The van der Waals surface area contributed by atoms with Gasteiger partial charge in [-0.2, -0.15) is 26.3 Å². The van der Waals surface area contributed by atoms with Gasteiger partial charge in [-0.15, -0.1) is 0 Å². The fraction of sp³-hybridized carbons (Fsp3) is 0.389. The van der Waals surface area contributed by atoms with Crippen molar-refractivity contribution in [3.05, 3.63) is 35.7 Å². The van der Waals surface area contributed by atoms with Gasteiger partial charge in [0, 0.05) is 5.56 Å². The summed E-state index contributed by atoms with van der Waals surface area (Å²) in [7, 11) is 0. The average molecular weight is 479 g/mol. The molecule has 1 fully saturated rings. The van der Waals surface area contributed by atoms with E-state index >= 15 is 0 Å². The summed E-state index contributed by atoms with van der Waals surface area (Å²) in [5.41, 5.74) is 1.82. The molecular weight excluding hydrogens is 464 g/mol. The molecule has 0 aliphatic carbocycles. The number of ether oxygens (including phenoxy) is 1. The molecule has 5 N–H and O–H groups in total. The van der Waals surface area contributed by atoms with Crippen LogP contribution >= 0.6 is 0 Å². The van der Waals surface area contributed by atoms with Gasteiger partial charge in [-0.05, 0) is 18.2 Å². The van der Waals surface area contributed by atoms with Gasteiger partial charge in [-0.3, -0.25) is 4.57 Å². The third kappa shape index (κ3) is 4.07. The van der Waals surface area contributed by atoms with E-state index in [-0.39, 0.29) is 23.0 Å². The SMILES string of the molecule is Nc1nc(-c2cc(C(F)(F)F)cc(C(F)(F)F)c2)nc2c1ncn2C1OC(CO)[C@@H](O)[C@H]1O. The molecule has 4 atom stereocenters. The highest BCUT2D eigenvalue weighted by molar-refractivity contribution is 5.84. The normalized spacial score (nSPS) is 24.0. The lowest BCUT2D eigenvalue weighted by atomic mass is 10.0. The number of imidazole rings is 1. The number of hydrogen-bond donors (Lipinski definition) is 4. The lowest BCUT2D eigenvalue weighted by Crippen LogP contribution is -2.33. The number of aliphatic hydroxyl groups excluding tert-OH is 3. The topological polar surface area (TPSA) is 140 Å². The van der Waals surface area contributed by atoms with Crippen LogP contribution in [0, 0.1) is 0 Å². The van der Waals surface area contributed by atoms with Crippen molar-refractivity contribution >= 4 is 17.0 Å². The van der Waals surface area contributed by atoms with Crippen molar-refractivity contribution in [3.8, 4) is 11.4 Å². The largest absolute Gasteiger partial charge is 0.416 e. The van der Waals surface area contributed by atoms with Gasteiger partial charge in [0.25, 0.3) is 0 Å². The van der Waals surface area contributed by atoms with Crippen molar-refractivity contribution in [2.45, 2.75) is 36.9 Å². The smallest absolute Gasteiger partial charge is 0.394 e. The zero-order valence-corrected chi connectivity index (χ0v) is 16.2. The molecule has 0 bridgehead atoms. The van der Waals surface area contributed by atoms with Crippen LogP contribution < -0.4 is 5.73 Å². The number of rotatable bonds is 3. The van der Waals surface area contributed by atoms with Crippen molar-refractivity contribution in [2.75, 3.05) is 12.3 Å². The molecule has 1 aliphatic rings. The van der Waals surface area contributed by atoms with Gasteiger partial charge in [0.2, 0.25) is 0 Å². The Bertz CT molecular complexity index is 1170. The van der Waals surface area contributed by atoms with Gasteiger partial charge >= 0.3 is 12.4 Å². The van der Waals surface area contributed by atoms with E-state index in [1.807, 2.05) is 0 Å². The van der Waals surface area contributed by atoms with Crippen LogP contribution in [0.1, 0.15) is 17.4 Å². The van der Waals surface area contributed by atoms with Crippen molar-refractivity contribution in [2.24, 2.45) is 0 Å². The van der Waals surface area contributed by atoms with Crippen molar-refractivity contribution < 1.29 is 46.4 Å². The fourth-order valence-corrected chi connectivity index (χ4v) is 3.45. The summed E-state index contributed by atoms with van der Waals surface area (Å²) in [5, 5.41) is 29.5. The number of hydrogen-bond acceptors (Lipinski definition) is 8. The van der Waals surface area contributed by atoms with Gasteiger partial charge in [0.1, 0.15) is 23.8 Å². The average Bonchev–Trinajstić information content (AvgIpc) is 3.28. The number of nitrogens with zero attached hydrogens (tertiary/aromatic N) is 4. The number of aliphatic hydroxyl groups is 3. The third-order valence-corrected chi connectivity index (χ3v) is 5.09. The molecule has 178 valence electrons. The summed E-state index contributed by atoms with van der Waals surface area (Å²) < 4.78 is 85.8. The number of anilines is 1. The van der Waals surface area contributed by atoms with E-state index in [0.717, 1.165) is 10.9 Å². The van der Waals surface area contributed by atoms with Crippen LogP contribution in [-0.4, -0.2) is 59.8 Å². The molecular formula is C18H15F6N5O4. The van der Waals surface area contributed by atoms with Crippen molar-refractivity contribution in [3.63, 3.8) is 0 Å². The highest BCUT2D eigenvalue weighted by Crippen LogP contribution is 2.39. The number of aromatic nitrogens is 4. The van der Waals surface area contributed by atoms with E-state index in [1.54, 1.807) is 0 Å². The predicted molar refractivity (Wildman–Crippen MR) is 98.2 cm³/mol. The summed E-state index contributed by atoms with van der Waals surface area (Å²) in [5.74, 6) is -0.920. The number of nitrogens with two attached hydrogens (primary N) is 1. The maximum Gasteiger partial charge on any atom is 0.416 e. The quantitative estimate of drug-likeness (QED) is 0.417. The molecule has 2 unspecified atom stereocenters. The zero-order valence-electron chi connectivity index (χ0n) is 16.2. The van der Waals surface area contributed by atoms with E-state index < -0.39 is 66.0 Å².